The molecule has 0 atom stereocenters. The van der Waals surface area contributed by atoms with E-state index in [1.54, 1.807) is 17.1 Å². The van der Waals surface area contributed by atoms with Crippen LogP contribution >= 0.6 is 0 Å². The summed E-state index contributed by atoms with van der Waals surface area (Å²) < 4.78 is 1.74. The minimum absolute atomic E-state index is 0.746. The van der Waals surface area contributed by atoms with Crippen molar-refractivity contribution in [2.75, 3.05) is 18.0 Å². The van der Waals surface area contributed by atoms with Gasteiger partial charge in [0.2, 0.25) is 0 Å². The lowest BCUT2D eigenvalue weighted by Crippen LogP contribution is -2.25. The molecule has 0 fully saturated rings. The average Bonchev–Trinajstić information content (AvgIpc) is 3.52. The Balaban J connectivity index is 1.22. The Morgan fingerprint density at radius 1 is 0.700 bits per heavy atom. The SMILES string of the molecule is CCCCN(CCCC)c1ccc(N=Nc2ccc(-n3cc(-c4ccc(-c5ccccn5)nc4)nn3)cc2)cc1. The van der Waals surface area contributed by atoms with E-state index in [2.05, 4.69) is 61.4 Å². The molecule has 40 heavy (non-hydrogen) atoms. The molecule has 0 N–H and O–H groups in total. The molecular formula is C32H34N8. The van der Waals surface area contributed by atoms with Crippen molar-refractivity contribution in [3.05, 3.63) is 97.5 Å². The van der Waals surface area contributed by atoms with Gasteiger partial charge in [-0.05, 0) is 85.6 Å². The number of aromatic nitrogens is 5. The number of rotatable bonds is 12. The number of hydrogen-bond acceptors (Lipinski definition) is 7. The summed E-state index contributed by atoms with van der Waals surface area (Å²) >= 11 is 0. The summed E-state index contributed by atoms with van der Waals surface area (Å²) in [6.45, 7) is 6.65. The zero-order valence-corrected chi connectivity index (χ0v) is 23.1. The smallest absolute Gasteiger partial charge is 0.115 e. The summed E-state index contributed by atoms with van der Waals surface area (Å²) in [6, 6.07) is 25.8. The molecule has 2 aromatic carbocycles. The van der Waals surface area contributed by atoms with Crippen LogP contribution in [0.4, 0.5) is 17.1 Å². The van der Waals surface area contributed by atoms with Crippen molar-refractivity contribution in [3.63, 3.8) is 0 Å². The molecule has 202 valence electrons. The summed E-state index contributed by atoms with van der Waals surface area (Å²) in [7, 11) is 0. The van der Waals surface area contributed by atoms with E-state index in [0.29, 0.717) is 0 Å². The van der Waals surface area contributed by atoms with Crippen LogP contribution < -0.4 is 4.90 Å². The lowest BCUT2D eigenvalue weighted by Gasteiger charge is -2.24. The van der Waals surface area contributed by atoms with Gasteiger partial charge in [-0.15, -0.1) is 5.10 Å². The van der Waals surface area contributed by atoms with E-state index in [1.165, 1.54) is 31.4 Å². The second-order valence-corrected chi connectivity index (χ2v) is 9.62. The van der Waals surface area contributed by atoms with E-state index in [0.717, 1.165) is 52.8 Å². The Kier molecular flexibility index (Phi) is 8.98. The molecule has 0 spiro atoms. The van der Waals surface area contributed by atoms with Crippen LogP contribution in [0.25, 0.3) is 28.3 Å². The van der Waals surface area contributed by atoms with E-state index >= 15 is 0 Å². The third-order valence-corrected chi connectivity index (χ3v) is 6.65. The minimum Gasteiger partial charge on any atom is -0.372 e. The van der Waals surface area contributed by atoms with Crippen molar-refractivity contribution >= 4 is 17.1 Å². The van der Waals surface area contributed by atoms with Crippen LogP contribution in [-0.2, 0) is 0 Å². The van der Waals surface area contributed by atoms with Gasteiger partial charge in [-0.1, -0.05) is 38.0 Å². The quantitative estimate of drug-likeness (QED) is 0.152. The van der Waals surface area contributed by atoms with Gasteiger partial charge in [-0.25, -0.2) is 4.68 Å². The lowest BCUT2D eigenvalue weighted by molar-refractivity contribution is 0.678. The van der Waals surface area contributed by atoms with Gasteiger partial charge in [-0.2, -0.15) is 10.2 Å². The standard InChI is InChI=1S/C32H34N8/c1-3-5-21-39(22-6-4-2)28-15-11-26(12-16-28)35-36-27-13-17-29(18-14-27)40-24-32(37-38-40)25-10-19-31(34-23-25)30-9-7-8-20-33-30/h7-20,23-24H,3-6,21-22H2,1-2H3. The van der Waals surface area contributed by atoms with E-state index in [4.69, 9.17) is 0 Å². The van der Waals surface area contributed by atoms with Crippen LogP contribution in [0.1, 0.15) is 39.5 Å². The predicted octanol–water partition coefficient (Wildman–Crippen LogP) is 8.21. The highest BCUT2D eigenvalue weighted by Gasteiger charge is 2.08. The molecule has 8 heteroatoms. The topological polar surface area (TPSA) is 84.5 Å². The second kappa shape index (κ2) is 13.4. The zero-order valence-electron chi connectivity index (χ0n) is 23.1. The first-order chi connectivity index (χ1) is 19.7. The molecule has 0 unspecified atom stereocenters. The van der Waals surface area contributed by atoms with Crippen LogP contribution in [0.15, 0.2) is 108 Å². The molecule has 5 aromatic rings. The largest absolute Gasteiger partial charge is 0.372 e. The molecule has 0 saturated carbocycles. The highest BCUT2D eigenvalue weighted by Crippen LogP contribution is 2.25. The second-order valence-electron chi connectivity index (χ2n) is 9.62. The Labute approximate surface area is 235 Å². The van der Waals surface area contributed by atoms with Crippen molar-refractivity contribution in [1.82, 2.24) is 25.0 Å². The fraction of sp³-hybridized carbons (Fsp3) is 0.250. The van der Waals surface area contributed by atoms with E-state index in [1.807, 2.05) is 72.9 Å². The molecule has 0 saturated heterocycles. The maximum Gasteiger partial charge on any atom is 0.115 e. The highest BCUT2D eigenvalue weighted by molar-refractivity contribution is 5.62. The molecule has 3 aromatic heterocycles. The number of nitrogens with zero attached hydrogens (tertiary/aromatic N) is 8. The highest BCUT2D eigenvalue weighted by atomic mass is 15.4. The Hall–Kier alpha value is -4.72. The number of pyridine rings is 2. The monoisotopic (exact) mass is 530 g/mol. The van der Waals surface area contributed by atoms with E-state index < -0.39 is 0 Å². The van der Waals surface area contributed by atoms with Crippen LogP contribution in [0.5, 0.6) is 0 Å². The minimum atomic E-state index is 0.746. The fourth-order valence-electron chi connectivity index (χ4n) is 4.32. The maximum absolute atomic E-state index is 4.54. The fourth-order valence-corrected chi connectivity index (χ4v) is 4.32. The molecular weight excluding hydrogens is 496 g/mol. The molecule has 3 heterocycles. The van der Waals surface area contributed by atoms with Gasteiger partial charge in [0.1, 0.15) is 5.69 Å². The van der Waals surface area contributed by atoms with Crippen LogP contribution in [0, 0.1) is 0 Å². The van der Waals surface area contributed by atoms with Crippen molar-refractivity contribution in [3.8, 4) is 28.3 Å². The Morgan fingerprint density at radius 3 is 1.98 bits per heavy atom. The maximum atomic E-state index is 4.54. The molecule has 0 aliphatic heterocycles. The predicted molar refractivity (Wildman–Crippen MR) is 160 cm³/mol. The first kappa shape index (κ1) is 26.9. The number of benzene rings is 2. The molecule has 0 amide bonds. The van der Waals surface area contributed by atoms with Crippen molar-refractivity contribution in [2.45, 2.75) is 39.5 Å². The van der Waals surface area contributed by atoms with Gasteiger partial charge in [0, 0.05) is 36.7 Å². The van der Waals surface area contributed by atoms with Gasteiger partial charge in [-0.3, -0.25) is 9.97 Å². The lowest BCUT2D eigenvalue weighted by atomic mass is 10.2. The third-order valence-electron chi connectivity index (χ3n) is 6.65. The summed E-state index contributed by atoms with van der Waals surface area (Å²) in [6.07, 6.45) is 10.2. The van der Waals surface area contributed by atoms with Crippen molar-refractivity contribution in [1.29, 1.82) is 0 Å². The van der Waals surface area contributed by atoms with Gasteiger partial charge < -0.3 is 4.90 Å². The van der Waals surface area contributed by atoms with Crippen LogP contribution in [0.3, 0.4) is 0 Å². The zero-order chi connectivity index (χ0) is 27.6. The number of azo groups is 1. The van der Waals surface area contributed by atoms with Gasteiger partial charge in [0.25, 0.3) is 0 Å². The average molecular weight is 531 g/mol. The third kappa shape index (κ3) is 6.83. The molecule has 0 radical (unpaired) electrons. The molecule has 5 rings (SSSR count). The number of anilines is 1. The van der Waals surface area contributed by atoms with Crippen LogP contribution in [-0.4, -0.2) is 38.1 Å². The molecule has 0 aliphatic rings. The Morgan fingerprint density at radius 2 is 1.38 bits per heavy atom. The summed E-state index contributed by atoms with van der Waals surface area (Å²) in [5.74, 6) is 0. The molecule has 0 bridgehead atoms. The van der Waals surface area contributed by atoms with Gasteiger partial charge >= 0.3 is 0 Å². The molecule has 0 aliphatic carbocycles. The normalized spacial score (nSPS) is 11.2. The number of hydrogen-bond donors (Lipinski definition) is 0. The Bertz CT molecular complexity index is 1480. The van der Waals surface area contributed by atoms with Gasteiger partial charge in [0.15, 0.2) is 0 Å². The van der Waals surface area contributed by atoms with E-state index in [-0.39, 0.29) is 0 Å². The van der Waals surface area contributed by atoms with Crippen molar-refractivity contribution in [2.24, 2.45) is 10.2 Å². The van der Waals surface area contributed by atoms with E-state index in [9.17, 15) is 0 Å². The van der Waals surface area contributed by atoms with Crippen molar-refractivity contribution < 1.29 is 0 Å². The summed E-state index contributed by atoms with van der Waals surface area (Å²) in [5.41, 5.74) is 7.03. The number of unbranched alkanes of at least 4 members (excludes halogenated alkanes) is 2. The first-order valence-electron chi connectivity index (χ1n) is 13.9. The molecule has 8 nitrogen and oxygen atoms in total. The van der Waals surface area contributed by atoms with Gasteiger partial charge in [0.05, 0.1) is 34.6 Å². The first-order valence-corrected chi connectivity index (χ1v) is 13.9. The van der Waals surface area contributed by atoms with Crippen LogP contribution in [0.2, 0.25) is 0 Å². The summed E-state index contributed by atoms with van der Waals surface area (Å²) in [5, 5.41) is 17.5. The summed E-state index contributed by atoms with van der Waals surface area (Å²) in [4.78, 5) is 11.4.